The number of ether oxygens (including phenoxy) is 1. The van der Waals surface area contributed by atoms with E-state index in [0.717, 1.165) is 29.9 Å². The first kappa shape index (κ1) is 14.6. The Morgan fingerprint density at radius 1 is 1.26 bits per heavy atom. The molecule has 2 rings (SSSR count). The summed E-state index contributed by atoms with van der Waals surface area (Å²) in [5.41, 5.74) is 1.19. The molecule has 3 nitrogen and oxygen atoms in total. The van der Waals surface area contributed by atoms with Crippen LogP contribution in [0.1, 0.15) is 50.2 Å². The molecule has 1 heterocycles. The van der Waals surface area contributed by atoms with Crippen molar-refractivity contribution >= 4 is 0 Å². The van der Waals surface area contributed by atoms with Crippen molar-refractivity contribution < 1.29 is 9.15 Å². The van der Waals surface area contributed by atoms with Crippen LogP contribution in [0.2, 0.25) is 0 Å². The van der Waals surface area contributed by atoms with Gasteiger partial charge in [0, 0.05) is 5.56 Å². The molecule has 2 atom stereocenters. The average molecular weight is 265 g/mol. The van der Waals surface area contributed by atoms with E-state index in [1.54, 1.807) is 0 Å². The van der Waals surface area contributed by atoms with E-state index in [4.69, 9.17) is 9.15 Å². The van der Waals surface area contributed by atoms with E-state index in [2.05, 4.69) is 25.2 Å². The number of aryl methyl sites for hydroxylation is 1. The lowest BCUT2D eigenvalue weighted by atomic mass is 9.82. The first-order chi connectivity index (χ1) is 9.08. The summed E-state index contributed by atoms with van der Waals surface area (Å²) in [7, 11) is 1.93. The van der Waals surface area contributed by atoms with Crippen molar-refractivity contribution in [3.8, 4) is 0 Å². The smallest absolute Gasteiger partial charge is 0.118 e. The van der Waals surface area contributed by atoms with Gasteiger partial charge in [-0.3, -0.25) is 0 Å². The fourth-order valence-electron chi connectivity index (χ4n) is 3.21. The average Bonchev–Trinajstić information content (AvgIpc) is 2.66. The molecule has 0 bridgehead atoms. The Morgan fingerprint density at radius 3 is 2.58 bits per heavy atom. The number of hydrogen-bond donors (Lipinski definition) is 1. The fourth-order valence-corrected chi connectivity index (χ4v) is 3.21. The molecule has 0 radical (unpaired) electrons. The lowest BCUT2D eigenvalue weighted by molar-refractivity contribution is -0.00954. The van der Waals surface area contributed by atoms with Crippen LogP contribution in [0.5, 0.6) is 0 Å². The Balaban J connectivity index is 1.87. The summed E-state index contributed by atoms with van der Waals surface area (Å²) in [5.74, 6) is 3.56. The molecular formula is C16H27NO2. The van der Waals surface area contributed by atoms with E-state index in [9.17, 15) is 0 Å². The predicted octanol–water partition coefficient (Wildman–Crippen LogP) is 3.65. The van der Waals surface area contributed by atoms with Gasteiger partial charge < -0.3 is 14.5 Å². The Morgan fingerprint density at radius 2 is 1.95 bits per heavy atom. The van der Waals surface area contributed by atoms with Crippen molar-refractivity contribution in [2.24, 2.45) is 11.8 Å². The minimum Gasteiger partial charge on any atom is -0.465 e. The molecule has 19 heavy (non-hydrogen) atoms. The van der Waals surface area contributed by atoms with E-state index in [-0.39, 0.29) is 0 Å². The molecule has 1 aromatic rings. The highest BCUT2D eigenvalue weighted by Crippen LogP contribution is 2.31. The lowest BCUT2D eigenvalue weighted by Gasteiger charge is -2.31. The number of furan rings is 1. The van der Waals surface area contributed by atoms with Gasteiger partial charge in [0.2, 0.25) is 0 Å². The monoisotopic (exact) mass is 265 g/mol. The fraction of sp³-hybridized carbons (Fsp3) is 0.750. The van der Waals surface area contributed by atoms with Gasteiger partial charge in [0.05, 0.1) is 19.3 Å². The van der Waals surface area contributed by atoms with Gasteiger partial charge in [-0.05, 0) is 51.1 Å². The van der Waals surface area contributed by atoms with E-state index in [0.29, 0.717) is 12.7 Å². The SMILES string of the molecule is CNCc1cc(COC2CC(C)CC(C)C2)c(C)o1. The number of hydrogen-bond acceptors (Lipinski definition) is 3. The molecule has 0 saturated heterocycles. The summed E-state index contributed by atoms with van der Waals surface area (Å²) < 4.78 is 11.8. The predicted molar refractivity (Wildman–Crippen MR) is 77.0 cm³/mol. The van der Waals surface area contributed by atoms with Gasteiger partial charge in [0.25, 0.3) is 0 Å². The maximum Gasteiger partial charge on any atom is 0.118 e. The minimum atomic E-state index is 0.417. The summed E-state index contributed by atoms with van der Waals surface area (Å²) in [6.45, 7) is 8.14. The third-order valence-corrected chi connectivity index (χ3v) is 4.03. The maximum absolute atomic E-state index is 6.10. The van der Waals surface area contributed by atoms with Gasteiger partial charge in [0.15, 0.2) is 0 Å². The standard InChI is InChI=1S/C16H27NO2/c1-11-5-12(2)7-15(6-11)18-10-14-8-16(9-17-4)19-13(14)3/h8,11-12,15,17H,5-7,9-10H2,1-4H3. The van der Waals surface area contributed by atoms with Crippen LogP contribution in [-0.2, 0) is 17.9 Å². The molecule has 108 valence electrons. The Hall–Kier alpha value is -0.800. The molecule has 1 fully saturated rings. The summed E-state index contributed by atoms with van der Waals surface area (Å²) in [4.78, 5) is 0. The van der Waals surface area contributed by atoms with Crippen LogP contribution in [-0.4, -0.2) is 13.2 Å². The van der Waals surface area contributed by atoms with E-state index >= 15 is 0 Å². The Labute approximate surface area is 116 Å². The van der Waals surface area contributed by atoms with Crippen molar-refractivity contribution in [2.75, 3.05) is 7.05 Å². The summed E-state index contributed by atoms with van der Waals surface area (Å²) >= 11 is 0. The number of nitrogens with one attached hydrogen (secondary N) is 1. The molecular weight excluding hydrogens is 238 g/mol. The zero-order valence-electron chi connectivity index (χ0n) is 12.7. The molecule has 0 aromatic carbocycles. The van der Waals surface area contributed by atoms with E-state index < -0.39 is 0 Å². The Bertz CT molecular complexity index is 389. The number of rotatable bonds is 5. The van der Waals surface area contributed by atoms with Crippen LogP contribution in [0, 0.1) is 18.8 Å². The quantitative estimate of drug-likeness (QED) is 0.882. The molecule has 1 N–H and O–H groups in total. The third kappa shape index (κ3) is 4.08. The maximum atomic E-state index is 6.10. The van der Waals surface area contributed by atoms with Crippen LogP contribution >= 0.6 is 0 Å². The van der Waals surface area contributed by atoms with Gasteiger partial charge in [-0.15, -0.1) is 0 Å². The second kappa shape index (κ2) is 6.58. The highest BCUT2D eigenvalue weighted by atomic mass is 16.5. The third-order valence-electron chi connectivity index (χ3n) is 4.03. The van der Waals surface area contributed by atoms with Gasteiger partial charge >= 0.3 is 0 Å². The van der Waals surface area contributed by atoms with Crippen LogP contribution < -0.4 is 5.32 Å². The van der Waals surface area contributed by atoms with Gasteiger partial charge in [0.1, 0.15) is 11.5 Å². The van der Waals surface area contributed by atoms with Crippen molar-refractivity contribution in [2.45, 2.75) is 59.3 Å². The van der Waals surface area contributed by atoms with Gasteiger partial charge in [-0.1, -0.05) is 13.8 Å². The van der Waals surface area contributed by atoms with Crippen molar-refractivity contribution in [1.82, 2.24) is 5.32 Å². The highest BCUT2D eigenvalue weighted by Gasteiger charge is 2.24. The van der Waals surface area contributed by atoms with Crippen LogP contribution in [0.25, 0.3) is 0 Å². The Kier molecular flexibility index (Phi) is 5.06. The zero-order valence-corrected chi connectivity index (χ0v) is 12.7. The second-order valence-corrected chi connectivity index (χ2v) is 6.17. The van der Waals surface area contributed by atoms with Crippen molar-refractivity contribution in [1.29, 1.82) is 0 Å². The van der Waals surface area contributed by atoms with E-state index in [1.807, 2.05) is 14.0 Å². The molecule has 1 aromatic heterocycles. The normalized spacial score (nSPS) is 27.7. The molecule has 1 saturated carbocycles. The summed E-state index contributed by atoms with van der Waals surface area (Å²) in [6.07, 6.45) is 4.16. The second-order valence-electron chi connectivity index (χ2n) is 6.17. The first-order valence-corrected chi connectivity index (χ1v) is 7.42. The summed E-state index contributed by atoms with van der Waals surface area (Å²) in [5, 5.41) is 3.11. The molecule has 1 aliphatic rings. The van der Waals surface area contributed by atoms with E-state index in [1.165, 1.54) is 24.8 Å². The molecule has 0 spiro atoms. The molecule has 2 unspecified atom stereocenters. The highest BCUT2D eigenvalue weighted by molar-refractivity contribution is 5.19. The van der Waals surface area contributed by atoms with Crippen LogP contribution in [0.4, 0.5) is 0 Å². The molecule has 0 amide bonds. The first-order valence-electron chi connectivity index (χ1n) is 7.42. The van der Waals surface area contributed by atoms with Gasteiger partial charge in [-0.25, -0.2) is 0 Å². The molecule has 1 aliphatic carbocycles. The van der Waals surface area contributed by atoms with Crippen molar-refractivity contribution in [3.63, 3.8) is 0 Å². The molecule has 0 aliphatic heterocycles. The van der Waals surface area contributed by atoms with Crippen molar-refractivity contribution in [3.05, 3.63) is 23.2 Å². The minimum absolute atomic E-state index is 0.417. The topological polar surface area (TPSA) is 34.4 Å². The summed E-state index contributed by atoms with van der Waals surface area (Å²) in [6, 6.07) is 2.11. The lowest BCUT2D eigenvalue weighted by Crippen LogP contribution is -2.26. The largest absolute Gasteiger partial charge is 0.465 e. The zero-order chi connectivity index (χ0) is 13.8. The van der Waals surface area contributed by atoms with Crippen LogP contribution in [0.3, 0.4) is 0 Å². The van der Waals surface area contributed by atoms with Crippen LogP contribution in [0.15, 0.2) is 10.5 Å². The molecule has 3 heteroatoms. The van der Waals surface area contributed by atoms with Gasteiger partial charge in [-0.2, -0.15) is 0 Å².